The van der Waals surface area contributed by atoms with Crippen LogP contribution in [0.2, 0.25) is 0 Å². The van der Waals surface area contributed by atoms with E-state index in [0.29, 0.717) is 12.8 Å². The van der Waals surface area contributed by atoms with E-state index in [4.69, 9.17) is 9.47 Å². The fourth-order valence-corrected chi connectivity index (χ4v) is 9.97. The van der Waals surface area contributed by atoms with Gasteiger partial charge in [0.2, 0.25) is 0 Å². The van der Waals surface area contributed by atoms with Crippen LogP contribution in [0.15, 0.2) is 243 Å². The zero-order valence-electron chi connectivity index (χ0n) is 61.3. The first-order valence-corrected chi connectivity index (χ1v) is 38.6. The van der Waals surface area contributed by atoms with E-state index in [2.05, 4.69) is 257 Å². The normalized spacial score (nSPS) is 13.7. The minimum absolute atomic E-state index is 0.0833. The fourth-order valence-electron chi connectivity index (χ4n) is 9.97. The lowest BCUT2D eigenvalue weighted by Gasteiger charge is -2.15. The molecule has 0 spiro atoms. The lowest BCUT2D eigenvalue weighted by Crippen LogP contribution is -2.28. The Balaban J connectivity index is 3.61. The number of allylic oxidation sites excluding steroid dienone is 40. The smallest absolute Gasteiger partial charge is 0.306 e. The van der Waals surface area contributed by atoms with Gasteiger partial charge in [-0.1, -0.05) is 360 Å². The zero-order valence-corrected chi connectivity index (χ0v) is 61.3. The first kappa shape index (κ1) is 89.7. The largest absolute Gasteiger partial charge is 0.462 e. The number of hydrogen-bond acceptors (Lipinski definition) is 5. The van der Waals surface area contributed by atoms with Crippen molar-refractivity contribution in [3.8, 4) is 0 Å². The lowest BCUT2D eigenvalue weighted by molar-refractivity contribution is -0.161. The summed E-state index contributed by atoms with van der Waals surface area (Å²) < 4.78 is 10.8. The van der Waals surface area contributed by atoms with Gasteiger partial charge in [0, 0.05) is 12.8 Å². The molecule has 1 unspecified atom stereocenters. The Kier molecular flexibility index (Phi) is 77.5. The molecule has 0 aliphatic rings. The van der Waals surface area contributed by atoms with Crippen molar-refractivity contribution < 1.29 is 24.2 Å². The average molecular weight is 1310 g/mol. The van der Waals surface area contributed by atoms with E-state index in [9.17, 15) is 14.7 Å². The molecular weight excluding hydrogens is 1170 g/mol. The molecule has 534 valence electrons. The molecule has 0 heterocycles. The van der Waals surface area contributed by atoms with Gasteiger partial charge < -0.3 is 14.6 Å². The van der Waals surface area contributed by atoms with Gasteiger partial charge in [-0.25, -0.2) is 0 Å². The van der Waals surface area contributed by atoms with Gasteiger partial charge in [0.25, 0.3) is 0 Å². The van der Waals surface area contributed by atoms with Gasteiger partial charge in [0.05, 0.1) is 6.61 Å². The Hall–Kier alpha value is -6.30. The number of carbonyl (C=O) groups is 2. The summed E-state index contributed by atoms with van der Waals surface area (Å²) >= 11 is 0. The summed E-state index contributed by atoms with van der Waals surface area (Å²) in [7, 11) is 0. The third-order valence-electron chi connectivity index (χ3n) is 15.6. The Labute approximate surface area is 591 Å². The highest BCUT2D eigenvalue weighted by Crippen LogP contribution is 2.15. The van der Waals surface area contributed by atoms with Gasteiger partial charge in [0.15, 0.2) is 6.10 Å². The molecule has 0 saturated heterocycles. The Bertz CT molecular complexity index is 2340. The second-order valence-corrected chi connectivity index (χ2v) is 24.6. The number of unbranched alkanes of at least 4 members (excludes halogenated alkanes) is 20. The summed E-state index contributed by atoms with van der Waals surface area (Å²) in [4.78, 5) is 24.7. The van der Waals surface area contributed by atoms with Gasteiger partial charge >= 0.3 is 11.9 Å². The highest BCUT2D eigenvalue weighted by atomic mass is 16.6. The Morgan fingerprint density at radius 3 is 0.625 bits per heavy atom. The first-order chi connectivity index (χ1) is 47.6. The molecule has 0 amide bonds. The molecule has 5 nitrogen and oxygen atoms in total. The van der Waals surface area contributed by atoms with Crippen LogP contribution in [-0.4, -0.2) is 36.4 Å². The molecule has 0 aromatic rings. The summed E-state index contributed by atoms with van der Waals surface area (Å²) in [6, 6.07) is 0. The minimum atomic E-state index is -0.796. The molecular formula is C91H140O5. The van der Waals surface area contributed by atoms with Crippen LogP contribution in [0.1, 0.15) is 296 Å². The van der Waals surface area contributed by atoms with Crippen LogP contribution in [-0.2, 0) is 19.1 Å². The van der Waals surface area contributed by atoms with Crippen molar-refractivity contribution in [2.75, 3.05) is 13.2 Å². The van der Waals surface area contributed by atoms with E-state index >= 15 is 0 Å². The monoisotopic (exact) mass is 1310 g/mol. The molecule has 0 fully saturated rings. The van der Waals surface area contributed by atoms with Crippen molar-refractivity contribution in [3.63, 3.8) is 0 Å². The number of aliphatic hydroxyl groups is 1. The number of hydrogen-bond donors (Lipinski definition) is 1. The van der Waals surface area contributed by atoms with E-state index in [1.54, 1.807) is 0 Å². The molecule has 0 aliphatic heterocycles. The van der Waals surface area contributed by atoms with Crippen molar-refractivity contribution in [1.29, 1.82) is 0 Å². The highest BCUT2D eigenvalue weighted by Gasteiger charge is 2.16. The zero-order chi connectivity index (χ0) is 69.0. The Morgan fingerprint density at radius 2 is 0.417 bits per heavy atom. The molecule has 1 N–H and O–H groups in total. The van der Waals surface area contributed by atoms with Crippen LogP contribution >= 0.6 is 0 Å². The fraction of sp³-hybridized carbons (Fsp3) is 0.538. The molecule has 0 aliphatic carbocycles. The summed E-state index contributed by atoms with van der Waals surface area (Å²) in [5.41, 5.74) is 0. The third-order valence-corrected chi connectivity index (χ3v) is 15.6. The maximum atomic E-state index is 12.4. The second-order valence-electron chi connectivity index (χ2n) is 24.6. The first-order valence-electron chi connectivity index (χ1n) is 38.6. The van der Waals surface area contributed by atoms with Crippen molar-refractivity contribution >= 4 is 11.9 Å². The Morgan fingerprint density at radius 1 is 0.240 bits per heavy atom. The van der Waals surface area contributed by atoms with Gasteiger partial charge in [-0.05, 0) is 167 Å². The molecule has 0 bridgehead atoms. The van der Waals surface area contributed by atoms with Crippen LogP contribution in [0.5, 0.6) is 0 Å². The molecule has 0 rings (SSSR count). The topological polar surface area (TPSA) is 72.8 Å². The molecule has 0 saturated carbocycles. The third kappa shape index (κ3) is 80.1. The van der Waals surface area contributed by atoms with E-state index < -0.39 is 6.10 Å². The quantitative estimate of drug-likeness (QED) is 0.0373. The predicted molar refractivity (Wildman–Crippen MR) is 425 cm³/mol. The average Bonchev–Trinajstić information content (AvgIpc) is 3.73. The number of esters is 2. The molecule has 1 atom stereocenters. The van der Waals surface area contributed by atoms with Crippen molar-refractivity contribution in [2.45, 2.75) is 302 Å². The van der Waals surface area contributed by atoms with Crippen molar-refractivity contribution in [2.24, 2.45) is 0 Å². The van der Waals surface area contributed by atoms with Crippen molar-refractivity contribution in [1.82, 2.24) is 0 Å². The van der Waals surface area contributed by atoms with Gasteiger partial charge in [-0.2, -0.15) is 0 Å². The SMILES string of the molecule is CC/C=C\C/C=C\C/C=C\C/C=C\C/C=C\C/C=C\C/C=C\C/C=C\C/C=C\C/C=C\CCCCCCCCCCCCC(=O)OCC(CO)OC(=O)CCCCCCCCCCCC/C=C\C/C=C\C/C=C\C/C=C\C/C=C\C/C=C\C/C=C\C/C=C\C/C=C\C/C=C\CC. The lowest BCUT2D eigenvalue weighted by atomic mass is 10.0. The van der Waals surface area contributed by atoms with E-state index in [1.165, 1.54) is 103 Å². The van der Waals surface area contributed by atoms with Crippen LogP contribution < -0.4 is 0 Å². The van der Waals surface area contributed by atoms with Crippen molar-refractivity contribution in [3.05, 3.63) is 243 Å². The van der Waals surface area contributed by atoms with Crippen LogP contribution in [0, 0.1) is 0 Å². The highest BCUT2D eigenvalue weighted by molar-refractivity contribution is 5.70. The summed E-state index contributed by atoms with van der Waals surface area (Å²) in [6.45, 7) is 3.90. The minimum Gasteiger partial charge on any atom is -0.462 e. The van der Waals surface area contributed by atoms with E-state index in [0.717, 1.165) is 167 Å². The standard InChI is InChI=1S/C91H140O5/c1-3-5-7-9-11-13-15-17-19-21-23-25-27-29-31-33-35-37-39-41-43-45-47-49-51-53-55-57-59-61-63-65-67-69-71-73-75-77-79-81-83-85-90(93)95-88-89(87-92)96-91(94)86-84-82-80-78-76-74-72-70-68-66-64-62-60-58-56-54-52-50-48-46-44-42-40-38-36-34-32-30-28-26-24-22-20-18-16-14-12-10-8-6-4-2/h5-8,11-14,17-20,23-26,29-32,35-38,41-44,47-50,53-56,59-62,89,92H,3-4,9-10,15-16,21-22,27-28,33-34,39-40,45-46,51-52,57-58,63-88H2,1-2H3/b7-5-,8-6-,13-11-,14-12-,19-17-,20-18-,25-23-,26-24-,31-29-,32-30-,37-35-,38-36-,43-41-,44-42-,49-47-,50-48-,55-53-,56-54-,61-59-,62-60-. The molecule has 96 heavy (non-hydrogen) atoms. The maximum Gasteiger partial charge on any atom is 0.306 e. The molecule has 0 aromatic heterocycles. The number of aliphatic hydroxyl groups excluding tert-OH is 1. The van der Waals surface area contributed by atoms with Crippen LogP contribution in [0.4, 0.5) is 0 Å². The van der Waals surface area contributed by atoms with Crippen LogP contribution in [0.25, 0.3) is 0 Å². The van der Waals surface area contributed by atoms with Crippen LogP contribution in [0.3, 0.4) is 0 Å². The summed E-state index contributed by atoms with van der Waals surface area (Å²) in [5, 5.41) is 9.73. The van der Waals surface area contributed by atoms with Gasteiger partial charge in [0.1, 0.15) is 6.61 Å². The van der Waals surface area contributed by atoms with Gasteiger partial charge in [-0.15, -0.1) is 0 Å². The van der Waals surface area contributed by atoms with E-state index in [1.807, 2.05) is 0 Å². The molecule has 5 heteroatoms. The summed E-state index contributed by atoms with van der Waals surface area (Å²) in [5.74, 6) is -0.612. The maximum absolute atomic E-state index is 12.4. The molecule has 0 aromatic carbocycles. The second kappa shape index (κ2) is 82.9. The predicted octanol–water partition coefficient (Wildman–Crippen LogP) is 27.8. The summed E-state index contributed by atoms with van der Waals surface area (Å²) in [6.07, 6.45) is 136. The number of rotatable bonds is 68. The number of carbonyl (C=O) groups excluding carboxylic acids is 2. The van der Waals surface area contributed by atoms with E-state index in [-0.39, 0.29) is 25.2 Å². The molecule has 0 radical (unpaired) electrons. The van der Waals surface area contributed by atoms with Gasteiger partial charge in [-0.3, -0.25) is 9.59 Å². The number of ether oxygens (including phenoxy) is 2.